The van der Waals surface area contributed by atoms with E-state index in [0.29, 0.717) is 12.8 Å². The maximum Gasteiger partial charge on any atom is 0.166 e. The summed E-state index contributed by atoms with van der Waals surface area (Å²) in [4.78, 5) is 33.9. The van der Waals surface area contributed by atoms with Crippen molar-refractivity contribution >= 4 is 17.3 Å². The molecular weight excluding hydrogens is 220 g/mol. The summed E-state index contributed by atoms with van der Waals surface area (Å²) >= 11 is 0. The average molecular weight is 232 g/mol. The van der Waals surface area contributed by atoms with E-state index in [4.69, 9.17) is 0 Å². The standard InChI is InChI=1S/C13H12O4/c14-10-4-5-11(15)8(10)2-1-3-9-12(16)6-7-13(9)17/h1-3,14H,4-7H2. The summed E-state index contributed by atoms with van der Waals surface area (Å²) in [5, 5.41) is 9.41. The summed E-state index contributed by atoms with van der Waals surface area (Å²) in [7, 11) is 0. The molecule has 0 aromatic rings. The molecule has 0 heterocycles. The van der Waals surface area contributed by atoms with Crippen molar-refractivity contribution in [1.29, 1.82) is 0 Å². The van der Waals surface area contributed by atoms with Gasteiger partial charge in [0, 0.05) is 25.7 Å². The number of Topliss-reactive ketones (excluding diaryl/α,β-unsaturated/α-hetero) is 3. The van der Waals surface area contributed by atoms with Crippen LogP contribution in [0.1, 0.15) is 25.7 Å². The van der Waals surface area contributed by atoms with Crippen LogP contribution in [0.3, 0.4) is 0 Å². The number of hydrogen-bond acceptors (Lipinski definition) is 4. The average Bonchev–Trinajstić information content (AvgIpc) is 2.77. The fourth-order valence-corrected chi connectivity index (χ4v) is 1.93. The van der Waals surface area contributed by atoms with Crippen molar-refractivity contribution in [3.05, 3.63) is 35.1 Å². The van der Waals surface area contributed by atoms with Gasteiger partial charge in [-0.3, -0.25) is 14.4 Å². The molecule has 0 radical (unpaired) electrons. The minimum Gasteiger partial charge on any atom is -0.512 e. The van der Waals surface area contributed by atoms with Gasteiger partial charge >= 0.3 is 0 Å². The topological polar surface area (TPSA) is 71.4 Å². The van der Waals surface area contributed by atoms with Crippen molar-refractivity contribution in [2.45, 2.75) is 25.7 Å². The van der Waals surface area contributed by atoms with E-state index in [1.165, 1.54) is 18.2 Å². The molecule has 4 heteroatoms. The first-order chi connectivity index (χ1) is 8.09. The molecule has 2 aliphatic carbocycles. The van der Waals surface area contributed by atoms with Gasteiger partial charge in [-0.25, -0.2) is 0 Å². The molecule has 1 N–H and O–H groups in total. The molecule has 0 spiro atoms. The minimum atomic E-state index is -0.157. The largest absolute Gasteiger partial charge is 0.512 e. The molecule has 1 saturated carbocycles. The van der Waals surface area contributed by atoms with Crippen LogP contribution in [-0.2, 0) is 14.4 Å². The Hall–Kier alpha value is -1.97. The van der Waals surface area contributed by atoms with Crippen LogP contribution in [0.25, 0.3) is 0 Å². The van der Waals surface area contributed by atoms with Crippen LogP contribution in [0.2, 0.25) is 0 Å². The molecule has 0 aromatic heterocycles. The summed E-state index contributed by atoms with van der Waals surface area (Å²) in [5.41, 5.74) is 0.464. The highest BCUT2D eigenvalue weighted by Gasteiger charge is 2.25. The SMILES string of the molecule is O=C1CCC(=O)C1=CC=CC1=C(O)CCC1=O. The van der Waals surface area contributed by atoms with Crippen LogP contribution in [0.5, 0.6) is 0 Å². The highest BCUT2D eigenvalue weighted by Crippen LogP contribution is 2.22. The van der Waals surface area contributed by atoms with Crippen LogP contribution >= 0.6 is 0 Å². The lowest BCUT2D eigenvalue weighted by Crippen LogP contribution is -1.98. The van der Waals surface area contributed by atoms with Crippen molar-refractivity contribution in [3.63, 3.8) is 0 Å². The van der Waals surface area contributed by atoms with Crippen LogP contribution in [0, 0.1) is 0 Å². The Balaban J connectivity index is 2.15. The van der Waals surface area contributed by atoms with E-state index in [2.05, 4.69) is 0 Å². The summed E-state index contributed by atoms with van der Waals surface area (Å²) in [5.74, 6) is -0.346. The smallest absolute Gasteiger partial charge is 0.166 e. The van der Waals surface area contributed by atoms with Gasteiger partial charge in [0.25, 0.3) is 0 Å². The van der Waals surface area contributed by atoms with Gasteiger partial charge in [0.2, 0.25) is 0 Å². The fraction of sp³-hybridized carbons (Fsp3) is 0.308. The van der Waals surface area contributed by atoms with E-state index in [-0.39, 0.29) is 47.1 Å². The monoisotopic (exact) mass is 232 g/mol. The van der Waals surface area contributed by atoms with Gasteiger partial charge in [-0.15, -0.1) is 0 Å². The Morgan fingerprint density at radius 2 is 1.47 bits per heavy atom. The zero-order valence-electron chi connectivity index (χ0n) is 9.23. The Morgan fingerprint density at radius 3 is 2.00 bits per heavy atom. The second kappa shape index (κ2) is 4.49. The number of aliphatic hydroxyl groups excluding tert-OH is 1. The summed E-state index contributed by atoms with van der Waals surface area (Å²) in [6.45, 7) is 0. The van der Waals surface area contributed by atoms with Crippen LogP contribution in [0.4, 0.5) is 0 Å². The zero-order valence-corrected chi connectivity index (χ0v) is 9.23. The molecule has 17 heavy (non-hydrogen) atoms. The molecule has 0 aromatic carbocycles. The highest BCUT2D eigenvalue weighted by molar-refractivity contribution is 6.25. The number of allylic oxidation sites excluding steroid dienone is 6. The predicted molar refractivity (Wildman–Crippen MR) is 60.4 cm³/mol. The summed E-state index contributed by atoms with van der Waals surface area (Å²) < 4.78 is 0. The lowest BCUT2D eigenvalue weighted by molar-refractivity contribution is -0.117. The molecule has 0 amide bonds. The third-order valence-corrected chi connectivity index (χ3v) is 2.91. The third kappa shape index (κ3) is 2.25. The molecule has 1 fully saturated rings. The van der Waals surface area contributed by atoms with Crippen molar-refractivity contribution in [2.24, 2.45) is 0 Å². The summed E-state index contributed by atoms with van der Waals surface area (Å²) in [6, 6.07) is 0. The maximum absolute atomic E-state index is 11.3. The Bertz CT molecular complexity index is 474. The van der Waals surface area contributed by atoms with Gasteiger partial charge in [-0.2, -0.15) is 0 Å². The van der Waals surface area contributed by atoms with E-state index < -0.39 is 0 Å². The molecule has 0 bridgehead atoms. The molecule has 0 unspecified atom stereocenters. The van der Waals surface area contributed by atoms with Gasteiger partial charge in [0.05, 0.1) is 11.1 Å². The van der Waals surface area contributed by atoms with E-state index >= 15 is 0 Å². The Labute approximate surface area is 98.3 Å². The molecule has 0 atom stereocenters. The van der Waals surface area contributed by atoms with Gasteiger partial charge in [0.1, 0.15) is 5.76 Å². The normalized spacial score (nSPS) is 21.2. The van der Waals surface area contributed by atoms with E-state index in [9.17, 15) is 19.5 Å². The molecule has 2 aliphatic rings. The quantitative estimate of drug-likeness (QED) is 0.579. The van der Waals surface area contributed by atoms with Crippen LogP contribution < -0.4 is 0 Å². The highest BCUT2D eigenvalue weighted by atomic mass is 16.3. The molecular formula is C13H12O4. The number of rotatable bonds is 2. The first kappa shape index (κ1) is 11.5. The van der Waals surface area contributed by atoms with Gasteiger partial charge in [-0.05, 0) is 12.2 Å². The molecule has 88 valence electrons. The first-order valence-electron chi connectivity index (χ1n) is 5.49. The number of carbonyl (C=O) groups is 3. The first-order valence-corrected chi connectivity index (χ1v) is 5.49. The maximum atomic E-state index is 11.3. The van der Waals surface area contributed by atoms with Crippen LogP contribution in [-0.4, -0.2) is 22.5 Å². The lowest BCUT2D eigenvalue weighted by atomic mass is 10.1. The number of carbonyl (C=O) groups excluding carboxylic acids is 3. The summed E-state index contributed by atoms with van der Waals surface area (Å²) in [6.07, 6.45) is 5.58. The number of ketones is 3. The van der Waals surface area contributed by atoms with Crippen LogP contribution in [0.15, 0.2) is 35.1 Å². The zero-order chi connectivity index (χ0) is 12.4. The Kier molecular flexibility index (Phi) is 3.04. The van der Waals surface area contributed by atoms with Gasteiger partial charge < -0.3 is 5.11 Å². The van der Waals surface area contributed by atoms with Crippen molar-refractivity contribution in [1.82, 2.24) is 0 Å². The molecule has 4 nitrogen and oxygen atoms in total. The van der Waals surface area contributed by atoms with Crippen molar-refractivity contribution in [3.8, 4) is 0 Å². The lowest BCUT2D eigenvalue weighted by Gasteiger charge is -1.92. The third-order valence-electron chi connectivity index (χ3n) is 2.91. The van der Waals surface area contributed by atoms with Gasteiger partial charge in [0.15, 0.2) is 17.3 Å². The second-order valence-electron chi connectivity index (χ2n) is 4.07. The van der Waals surface area contributed by atoms with Crippen molar-refractivity contribution < 1.29 is 19.5 Å². The second-order valence-corrected chi connectivity index (χ2v) is 4.07. The number of aliphatic hydroxyl groups is 1. The van der Waals surface area contributed by atoms with Crippen molar-refractivity contribution in [2.75, 3.05) is 0 Å². The van der Waals surface area contributed by atoms with E-state index in [1.807, 2.05) is 0 Å². The predicted octanol–water partition coefficient (Wildman–Crippen LogP) is 1.58. The number of hydrogen-bond donors (Lipinski definition) is 1. The molecule has 0 saturated heterocycles. The van der Waals surface area contributed by atoms with E-state index in [0.717, 1.165) is 0 Å². The minimum absolute atomic E-state index is 0.0775. The Morgan fingerprint density at radius 1 is 0.882 bits per heavy atom. The van der Waals surface area contributed by atoms with E-state index in [1.54, 1.807) is 0 Å². The van der Waals surface area contributed by atoms with Gasteiger partial charge in [-0.1, -0.05) is 6.08 Å². The fourth-order valence-electron chi connectivity index (χ4n) is 1.93. The molecule has 0 aliphatic heterocycles. The molecule has 2 rings (SSSR count).